The number of amides is 1. The van der Waals surface area contributed by atoms with Gasteiger partial charge in [0.2, 0.25) is 15.9 Å². The monoisotopic (exact) mass is 409 g/mol. The predicted molar refractivity (Wildman–Crippen MR) is 108 cm³/mol. The molecule has 0 aliphatic rings. The molecule has 1 atom stereocenters. The van der Waals surface area contributed by atoms with Gasteiger partial charge in [-0.25, -0.2) is 18.1 Å². The van der Waals surface area contributed by atoms with Gasteiger partial charge in [-0.1, -0.05) is 20.8 Å². The fourth-order valence-electron chi connectivity index (χ4n) is 2.78. The highest BCUT2D eigenvalue weighted by Crippen LogP contribution is 2.32. The maximum Gasteiger partial charge on any atom is 0.242 e. The molecular weight excluding hydrogens is 382 g/mol. The molecule has 28 heavy (non-hydrogen) atoms. The maximum absolute atomic E-state index is 12.7. The van der Waals surface area contributed by atoms with E-state index in [0.717, 1.165) is 0 Å². The molecule has 2 rings (SSSR count). The summed E-state index contributed by atoms with van der Waals surface area (Å²) >= 11 is 0. The van der Waals surface area contributed by atoms with Gasteiger partial charge in [-0.05, 0) is 30.9 Å². The number of oxazole rings is 1. The SMILES string of the molecule is CCCS(=O)(=O)NC(CC(C)C)C(=O)Nc1ccc(-c2cnco2)c(OC)c1. The van der Waals surface area contributed by atoms with E-state index >= 15 is 0 Å². The number of hydrogen-bond donors (Lipinski definition) is 2. The molecule has 1 aromatic carbocycles. The Hall–Kier alpha value is -2.39. The predicted octanol–water partition coefficient (Wildman–Crippen LogP) is 3.03. The van der Waals surface area contributed by atoms with Gasteiger partial charge in [-0.15, -0.1) is 0 Å². The molecule has 154 valence electrons. The summed E-state index contributed by atoms with van der Waals surface area (Å²) in [5, 5.41) is 2.77. The fourth-order valence-corrected chi connectivity index (χ4v) is 4.07. The highest BCUT2D eigenvalue weighted by Gasteiger charge is 2.25. The van der Waals surface area contributed by atoms with E-state index in [-0.39, 0.29) is 11.7 Å². The summed E-state index contributed by atoms with van der Waals surface area (Å²) in [6.07, 6.45) is 3.76. The molecule has 0 saturated carbocycles. The van der Waals surface area contributed by atoms with Crippen LogP contribution in [0.2, 0.25) is 0 Å². The van der Waals surface area contributed by atoms with Gasteiger partial charge in [-0.2, -0.15) is 0 Å². The van der Waals surface area contributed by atoms with Crippen molar-refractivity contribution in [1.29, 1.82) is 0 Å². The zero-order valence-corrected chi connectivity index (χ0v) is 17.4. The van der Waals surface area contributed by atoms with Crippen molar-refractivity contribution in [2.75, 3.05) is 18.2 Å². The first-order valence-corrected chi connectivity index (χ1v) is 10.8. The number of hydrogen-bond acceptors (Lipinski definition) is 6. The molecule has 2 N–H and O–H groups in total. The van der Waals surface area contributed by atoms with Gasteiger partial charge in [0.05, 0.1) is 24.6 Å². The average molecular weight is 410 g/mol. The summed E-state index contributed by atoms with van der Waals surface area (Å²) in [5.74, 6) is 0.752. The van der Waals surface area contributed by atoms with Crippen molar-refractivity contribution in [2.24, 2.45) is 5.92 Å². The molecule has 1 heterocycles. The first-order chi connectivity index (χ1) is 13.3. The molecule has 0 bridgehead atoms. The molecule has 1 amide bonds. The molecule has 0 aliphatic heterocycles. The van der Waals surface area contributed by atoms with Crippen LogP contribution in [-0.2, 0) is 14.8 Å². The average Bonchev–Trinajstić information content (AvgIpc) is 3.14. The third kappa shape index (κ3) is 6.07. The first kappa shape index (κ1) is 21.9. The second-order valence-electron chi connectivity index (χ2n) is 6.89. The van der Waals surface area contributed by atoms with Crippen molar-refractivity contribution in [1.82, 2.24) is 9.71 Å². The molecule has 9 heteroatoms. The Balaban J connectivity index is 2.20. The van der Waals surface area contributed by atoms with Gasteiger partial charge in [0, 0.05) is 11.8 Å². The van der Waals surface area contributed by atoms with Crippen LogP contribution < -0.4 is 14.8 Å². The minimum absolute atomic E-state index is 0.0193. The van der Waals surface area contributed by atoms with Crippen LogP contribution in [0.5, 0.6) is 5.75 Å². The topological polar surface area (TPSA) is 111 Å². The smallest absolute Gasteiger partial charge is 0.242 e. The molecule has 8 nitrogen and oxygen atoms in total. The summed E-state index contributed by atoms with van der Waals surface area (Å²) in [7, 11) is -2.00. The second-order valence-corrected chi connectivity index (χ2v) is 8.76. The molecule has 0 saturated heterocycles. The normalized spacial score (nSPS) is 12.8. The molecule has 0 aliphatic carbocycles. The minimum Gasteiger partial charge on any atom is -0.496 e. The Morgan fingerprint density at radius 1 is 1.32 bits per heavy atom. The summed E-state index contributed by atoms with van der Waals surface area (Å²) in [6, 6.07) is 4.25. The van der Waals surface area contributed by atoms with Crippen molar-refractivity contribution in [3.8, 4) is 17.1 Å². The van der Waals surface area contributed by atoms with Gasteiger partial charge < -0.3 is 14.5 Å². The van der Waals surface area contributed by atoms with Crippen molar-refractivity contribution in [3.63, 3.8) is 0 Å². The van der Waals surface area contributed by atoms with Crippen molar-refractivity contribution in [3.05, 3.63) is 30.8 Å². The lowest BCUT2D eigenvalue weighted by molar-refractivity contribution is -0.118. The lowest BCUT2D eigenvalue weighted by Gasteiger charge is -2.20. The third-order valence-corrected chi connectivity index (χ3v) is 5.57. The van der Waals surface area contributed by atoms with E-state index in [1.807, 2.05) is 13.8 Å². The molecule has 2 aromatic rings. The zero-order valence-electron chi connectivity index (χ0n) is 16.6. The van der Waals surface area contributed by atoms with Gasteiger partial charge in [-0.3, -0.25) is 4.79 Å². The van der Waals surface area contributed by atoms with Gasteiger partial charge >= 0.3 is 0 Å². The molecule has 0 radical (unpaired) electrons. The number of benzene rings is 1. The molecule has 0 spiro atoms. The summed E-state index contributed by atoms with van der Waals surface area (Å²) in [5.41, 5.74) is 1.19. The van der Waals surface area contributed by atoms with Crippen molar-refractivity contribution in [2.45, 2.75) is 39.7 Å². The van der Waals surface area contributed by atoms with Crippen molar-refractivity contribution < 1.29 is 22.4 Å². The molecule has 0 fully saturated rings. The van der Waals surface area contributed by atoms with Crippen LogP contribution >= 0.6 is 0 Å². The van der Waals surface area contributed by atoms with Gasteiger partial charge in [0.1, 0.15) is 11.8 Å². The third-order valence-electron chi connectivity index (χ3n) is 3.99. The van der Waals surface area contributed by atoms with E-state index in [9.17, 15) is 13.2 Å². The van der Waals surface area contributed by atoms with Crippen LogP contribution in [0, 0.1) is 5.92 Å². The van der Waals surface area contributed by atoms with Crippen LogP contribution in [0.4, 0.5) is 5.69 Å². The largest absolute Gasteiger partial charge is 0.496 e. The Morgan fingerprint density at radius 2 is 2.07 bits per heavy atom. The van der Waals surface area contributed by atoms with Crippen LogP contribution in [0.3, 0.4) is 0 Å². The van der Waals surface area contributed by atoms with E-state index in [1.165, 1.54) is 13.5 Å². The van der Waals surface area contributed by atoms with E-state index in [1.54, 1.807) is 31.3 Å². The van der Waals surface area contributed by atoms with Crippen LogP contribution in [0.15, 0.2) is 35.2 Å². The Bertz CT molecular complexity index is 879. The molecule has 1 unspecified atom stereocenters. The number of rotatable bonds is 10. The number of nitrogens with one attached hydrogen (secondary N) is 2. The molecule has 1 aromatic heterocycles. The lowest BCUT2D eigenvalue weighted by atomic mass is 10.0. The van der Waals surface area contributed by atoms with Crippen LogP contribution in [0.25, 0.3) is 11.3 Å². The summed E-state index contributed by atoms with van der Waals surface area (Å²) < 4.78 is 37.4. The lowest BCUT2D eigenvalue weighted by Crippen LogP contribution is -2.45. The number of sulfonamides is 1. The van der Waals surface area contributed by atoms with Gasteiger partial charge in [0.25, 0.3) is 0 Å². The Morgan fingerprint density at radius 3 is 2.64 bits per heavy atom. The quantitative estimate of drug-likeness (QED) is 0.624. The number of carbonyl (C=O) groups excluding carboxylic acids is 1. The van der Waals surface area contributed by atoms with E-state index in [0.29, 0.717) is 35.6 Å². The first-order valence-electron chi connectivity index (χ1n) is 9.13. The fraction of sp³-hybridized carbons (Fsp3) is 0.474. The summed E-state index contributed by atoms with van der Waals surface area (Å²) in [4.78, 5) is 16.6. The highest BCUT2D eigenvalue weighted by atomic mass is 32.2. The molecular formula is C19H27N3O5S. The van der Waals surface area contributed by atoms with Gasteiger partial charge in [0.15, 0.2) is 12.2 Å². The van der Waals surface area contributed by atoms with E-state index < -0.39 is 22.0 Å². The number of aromatic nitrogens is 1. The highest BCUT2D eigenvalue weighted by molar-refractivity contribution is 7.89. The zero-order chi connectivity index (χ0) is 20.7. The van der Waals surface area contributed by atoms with Crippen LogP contribution in [-0.4, -0.2) is 38.2 Å². The maximum atomic E-state index is 12.7. The second kappa shape index (κ2) is 9.70. The Kier molecular flexibility index (Phi) is 7.59. The Labute approximate surface area is 165 Å². The van der Waals surface area contributed by atoms with E-state index in [4.69, 9.17) is 9.15 Å². The summed E-state index contributed by atoms with van der Waals surface area (Å²) in [6.45, 7) is 5.65. The van der Waals surface area contributed by atoms with Crippen LogP contribution in [0.1, 0.15) is 33.6 Å². The minimum atomic E-state index is -3.52. The standard InChI is InChI=1S/C19H27N3O5S/c1-5-8-28(24,25)22-16(9-13(2)3)19(23)21-14-6-7-15(17(10-14)26-4)18-11-20-12-27-18/h6-7,10-13,16,22H,5,8-9H2,1-4H3,(H,21,23). The van der Waals surface area contributed by atoms with Crippen molar-refractivity contribution >= 4 is 21.6 Å². The number of nitrogens with zero attached hydrogens (tertiary/aromatic N) is 1. The van der Waals surface area contributed by atoms with E-state index in [2.05, 4.69) is 15.0 Å². The number of carbonyl (C=O) groups is 1. The number of ether oxygens (including phenoxy) is 1. The number of methoxy groups -OCH3 is 1. The number of anilines is 1.